The highest BCUT2D eigenvalue weighted by Gasteiger charge is 2.21. The summed E-state index contributed by atoms with van der Waals surface area (Å²) >= 11 is 1.79. The van der Waals surface area contributed by atoms with Gasteiger partial charge in [-0.05, 0) is 0 Å². The van der Waals surface area contributed by atoms with Crippen LogP contribution in [-0.4, -0.2) is 10.9 Å². The van der Waals surface area contributed by atoms with E-state index in [0.717, 1.165) is 5.88 Å². The lowest BCUT2D eigenvalue weighted by Crippen LogP contribution is -2.14. The van der Waals surface area contributed by atoms with E-state index in [4.69, 9.17) is 0 Å². The van der Waals surface area contributed by atoms with Crippen LogP contribution in [0.1, 0.15) is 20.8 Å². The van der Waals surface area contributed by atoms with Crippen molar-refractivity contribution in [2.45, 2.75) is 20.8 Å². The van der Waals surface area contributed by atoms with Crippen LogP contribution in [0.3, 0.4) is 0 Å². The molecule has 1 aliphatic heterocycles. The number of nitrogens with zero attached hydrogens (tertiary/aromatic N) is 1. The fourth-order valence-corrected chi connectivity index (χ4v) is 1.45. The topological polar surface area (TPSA) is 24.4 Å². The molecule has 0 aromatic heterocycles. The van der Waals surface area contributed by atoms with E-state index < -0.39 is 0 Å². The molecule has 3 heteroatoms. The van der Waals surface area contributed by atoms with Gasteiger partial charge in [0.25, 0.3) is 0 Å². The minimum atomic E-state index is 0.230. The van der Waals surface area contributed by atoms with Crippen LogP contribution in [0, 0.1) is 5.41 Å². The van der Waals surface area contributed by atoms with Crippen molar-refractivity contribution in [1.82, 2.24) is 5.43 Å². The van der Waals surface area contributed by atoms with Gasteiger partial charge in [0, 0.05) is 5.41 Å². The molecule has 0 saturated heterocycles. The van der Waals surface area contributed by atoms with Gasteiger partial charge in [0.05, 0.1) is 5.88 Å². The molecule has 0 saturated carbocycles. The van der Waals surface area contributed by atoms with E-state index in [-0.39, 0.29) is 5.41 Å². The second-order valence-electron chi connectivity index (χ2n) is 3.11. The molecule has 0 spiro atoms. The zero-order chi connectivity index (χ0) is 6.91. The second-order valence-corrected chi connectivity index (χ2v) is 4.08. The summed E-state index contributed by atoms with van der Waals surface area (Å²) in [5, 5.41) is 5.35. The van der Waals surface area contributed by atoms with E-state index in [1.165, 1.54) is 5.04 Å². The van der Waals surface area contributed by atoms with Gasteiger partial charge in [-0.3, -0.25) is 5.43 Å². The van der Waals surface area contributed by atoms with Crippen LogP contribution < -0.4 is 5.43 Å². The Morgan fingerprint density at radius 3 is 2.44 bits per heavy atom. The Labute approximate surface area is 60.1 Å². The summed E-state index contributed by atoms with van der Waals surface area (Å²) in [7, 11) is 0. The highest BCUT2D eigenvalue weighted by atomic mass is 32.2. The summed E-state index contributed by atoms with van der Waals surface area (Å²) < 4.78 is 0. The van der Waals surface area contributed by atoms with Crippen molar-refractivity contribution in [2.75, 3.05) is 5.88 Å². The van der Waals surface area contributed by atoms with Crippen LogP contribution in [-0.2, 0) is 0 Å². The zero-order valence-corrected chi connectivity index (χ0v) is 6.88. The monoisotopic (exact) mass is 144 g/mol. The maximum atomic E-state index is 4.14. The first-order valence-corrected chi connectivity index (χ1v) is 4.03. The molecule has 0 fully saturated rings. The number of hydrogen-bond donors (Lipinski definition) is 1. The third-order valence-electron chi connectivity index (χ3n) is 1.10. The molecule has 0 unspecified atom stereocenters. The average molecular weight is 144 g/mol. The van der Waals surface area contributed by atoms with Gasteiger partial charge in [-0.15, -0.1) is 0 Å². The van der Waals surface area contributed by atoms with Gasteiger partial charge < -0.3 is 0 Å². The van der Waals surface area contributed by atoms with E-state index in [2.05, 4.69) is 31.3 Å². The maximum absolute atomic E-state index is 4.14. The molecule has 52 valence electrons. The lowest BCUT2D eigenvalue weighted by molar-refractivity contribution is 0.598. The third kappa shape index (κ3) is 1.61. The molecule has 1 aliphatic rings. The van der Waals surface area contributed by atoms with Crippen molar-refractivity contribution < 1.29 is 0 Å². The van der Waals surface area contributed by atoms with Crippen LogP contribution in [0.25, 0.3) is 0 Å². The lowest BCUT2D eigenvalue weighted by atomic mass is 9.99. The van der Waals surface area contributed by atoms with E-state index >= 15 is 0 Å². The first kappa shape index (κ1) is 6.93. The SMILES string of the molecule is CC(C)(C)C1=NNCS1. The van der Waals surface area contributed by atoms with Crippen LogP contribution >= 0.6 is 11.8 Å². The molecule has 9 heavy (non-hydrogen) atoms. The Hall–Kier alpha value is -0.180. The van der Waals surface area contributed by atoms with Crippen molar-refractivity contribution >= 4 is 16.8 Å². The predicted octanol–water partition coefficient (Wildman–Crippen LogP) is 1.64. The quantitative estimate of drug-likeness (QED) is 0.559. The Morgan fingerprint density at radius 2 is 2.22 bits per heavy atom. The molecule has 0 bridgehead atoms. The first-order chi connectivity index (χ1) is 4.11. The van der Waals surface area contributed by atoms with Crippen LogP contribution in [0.15, 0.2) is 5.10 Å². The molecule has 1 N–H and O–H groups in total. The number of hydrazone groups is 1. The molecular weight excluding hydrogens is 132 g/mol. The largest absolute Gasteiger partial charge is 0.299 e. The summed E-state index contributed by atoms with van der Waals surface area (Å²) in [5.41, 5.74) is 3.16. The molecule has 0 aromatic carbocycles. The third-order valence-corrected chi connectivity index (χ3v) is 2.35. The molecule has 0 aliphatic carbocycles. The molecule has 1 rings (SSSR count). The van der Waals surface area contributed by atoms with Gasteiger partial charge in [-0.2, -0.15) is 5.10 Å². The number of hydrogen-bond acceptors (Lipinski definition) is 3. The van der Waals surface area contributed by atoms with E-state index in [9.17, 15) is 0 Å². The lowest BCUT2D eigenvalue weighted by Gasteiger charge is -2.15. The van der Waals surface area contributed by atoms with Crippen LogP contribution in [0.4, 0.5) is 0 Å². The molecule has 0 amide bonds. The van der Waals surface area contributed by atoms with Crippen LogP contribution in [0.2, 0.25) is 0 Å². The average Bonchev–Trinajstić information content (AvgIpc) is 2.08. The molecule has 2 nitrogen and oxygen atoms in total. The Morgan fingerprint density at radius 1 is 1.56 bits per heavy atom. The Kier molecular flexibility index (Phi) is 1.70. The fraction of sp³-hybridized carbons (Fsp3) is 0.833. The van der Waals surface area contributed by atoms with E-state index in [1.54, 1.807) is 11.8 Å². The Bertz CT molecular complexity index is 134. The van der Waals surface area contributed by atoms with E-state index in [0.29, 0.717) is 0 Å². The van der Waals surface area contributed by atoms with Gasteiger partial charge in [-0.25, -0.2) is 0 Å². The first-order valence-electron chi connectivity index (χ1n) is 3.04. The number of thioether (sulfide) groups is 1. The van der Waals surface area contributed by atoms with Gasteiger partial charge in [0.2, 0.25) is 0 Å². The summed E-state index contributed by atoms with van der Waals surface area (Å²) in [6, 6.07) is 0. The highest BCUT2D eigenvalue weighted by Crippen LogP contribution is 2.26. The van der Waals surface area contributed by atoms with Gasteiger partial charge in [0.1, 0.15) is 5.04 Å². The van der Waals surface area contributed by atoms with Crippen molar-refractivity contribution in [3.63, 3.8) is 0 Å². The van der Waals surface area contributed by atoms with Crippen molar-refractivity contribution in [1.29, 1.82) is 0 Å². The highest BCUT2D eigenvalue weighted by molar-refractivity contribution is 8.14. The zero-order valence-electron chi connectivity index (χ0n) is 6.06. The normalized spacial score (nSPS) is 19.2. The van der Waals surface area contributed by atoms with Crippen molar-refractivity contribution in [2.24, 2.45) is 10.5 Å². The molecule has 0 aromatic rings. The minimum absolute atomic E-state index is 0.230. The minimum Gasteiger partial charge on any atom is -0.299 e. The summed E-state index contributed by atoms with van der Waals surface area (Å²) in [6.07, 6.45) is 0. The number of rotatable bonds is 0. The molecular formula is C6H12N2S. The number of nitrogens with one attached hydrogen (secondary N) is 1. The molecule has 0 atom stereocenters. The summed E-state index contributed by atoms with van der Waals surface area (Å²) in [5.74, 6) is 0.937. The molecule has 0 radical (unpaired) electrons. The van der Waals surface area contributed by atoms with Gasteiger partial charge >= 0.3 is 0 Å². The van der Waals surface area contributed by atoms with Crippen LogP contribution in [0.5, 0.6) is 0 Å². The molecule has 1 heterocycles. The van der Waals surface area contributed by atoms with Gasteiger partial charge in [0.15, 0.2) is 0 Å². The van der Waals surface area contributed by atoms with Gasteiger partial charge in [-0.1, -0.05) is 32.5 Å². The van der Waals surface area contributed by atoms with E-state index in [1.807, 2.05) is 0 Å². The standard InChI is InChI=1S/C6H12N2S/c1-6(2,3)5-8-7-4-9-5/h7H,4H2,1-3H3. The second kappa shape index (κ2) is 2.21. The maximum Gasteiger partial charge on any atom is 0.100 e. The Balaban J connectivity index is 2.61. The smallest absolute Gasteiger partial charge is 0.100 e. The summed E-state index contributed by atoms with van der Waals surface area (Å²) in [6.45, 7) is 6.52. The summed E-state index contributed by atoms with van der Waals surface area (Å²) in [4.78, 5) is 0. The van der Waals surface area contributed by atoms with Crippen molar-refractivity contribution in [3.05, 3.63) is 0 Å². The predicted molar refractivity (Wildman–Crippen MR) is 42.5 cm³/mol. The fourth-order valence-electron chi connectivity index (χ4n) is 0.621. The van der Waals surface area contributed by atoms with Crippen molar-refractivity contribution in [3.8, 4) is 0 Å².